The van der Waals surface area contributed by atoms with Gasteiger partial charge in [0, 0.05) is 26.8 Å². The first kappa shape index (κ1) is 22.5. The van der Waals surface area contributed by atoms with Crippen molar-refractivity contribution in [3.63, 3.8) is 0 Å². The number of anilines is 1. The number of hydrogen-bond donors (Lipinski definition) is 2. The molecule has 1 unspecified atom stereocenters. The minimum Gasteiger partial charge on any atom is -0.451 e. The molecule has 2 heterocycles. The Morgan fingerprint density at radius 3 is 2.76 bits per heavy atom. The number of para-hydroxylation sites is 1. The highest BCUT2D eigenvalue weighted by atomic mass is 32.2. The summed E-state index contributed by atoms with van der Waals surface area (Å²) >= 11 is 3.41. The fourth-order valence-electron chi connectivity index (χ4n) is 5.12. The molecule has 33 heavy (non-hydrogen) atoms. The van der Waals surface area contributed by atoms with Crippen LogP contribution in [0.25, 0.3) is 11.0 Å². The molecule has 1 aromatic carbocycles. The molecule has 2 aliphatic carbocycles. The van der Waals surface area contributed by atoms with Gasteiger partial charge in [0.25, 0.3) is 11.8 Å². The van der Waals surface area contributed by atoms with Crippen LogP contribution in [-0.2, 0) is 18.6 Å². The lowest BCUT2D eigenvalue weighted by Gasteiger charge is -2.20. The minimum atomic E-state index is -0.477. The van der Waals surface area contributed by atoms with E-state index in [9.17, 15) is 9.59 Å². The Hall–Kier alpha value is -2.25. The summed E-state index contributed by atoms with van der Waals surface area (Å²) < 4.78 is 6.06. The Morgan fingerprint density at radius 2 is 1.97 bits per heavy atom. The van der Waals surface area contributed by atoms with Gasteiger partial charge in [-0.15, -0.1) is 11.3 Å². The van der Waals surface area contributed by atoms with Crippen LogP contribution in [0.4, 0.5) is 5.00 Å². The highest BCUT2D eigenvalue weighted by Gasteiger charge is 2.29. The Bertz CT molecular complexity index is 1190. The number of thioether (sulfide) groups is 1. The average Bonchev–Trinajstić information content (AvgIpc) is 3.36. The maximum absolute atomic E-state index is 13.4. The Balaban J connectivity index is 1.45. The number of amides is 2. The SMILES string of the molecule is CC1CCc2c(sc(NC(=O)c3oc4ccccc4c3CSC3CCCCC3)c2C(N)=O)C1. The molecular formula is C26H30N2O3S2. The van der Waals surface area contributed by atoms with Gasteiger partial charge in [-0.3, -0.25) is 9.59 Å². The molecule has 2 aliphatic rings. The third-order valence-electron chi connectivity index (χ3n) is 6.91. The second-order valence-electron chi connectivity index (χ2n) is 9.35. The second kappa shape index (κ2) is 9.55. The van der Waals surface area contributed by atoms with Crippen LogP contribution in [-0.4, -0.2) is 17.1 Å². The van der Waals surface area contributed by atoms with E-state index < -0.39 is 5.91 Å². The standard InChI is InChI=1S/C26H30N2O3S2/c1-15-11-12-18-21(13-15)33-26(22(18)24(27)29)28-25(30)23-19(14-32-16-7-3-2-4-8-16)17-9-5-6-10-20(17)31-23/h5-6,9-10,15-16H,2-4,7-8,11-14H2,1H3,(H2,27,29)(H,28,30). The van der Waals surface area contributed by atoms with Gasteiger partial charge in [-0.05, 0) is 49.7 Å². The molecule has 2 aromatic heterocycles. The quantitative estimate of drug-likeness (QED) is 0.418. The fourth-order valence-corrected chi connectivity index (χ4v) is 7.88. The summed E-state index contributed by atoms with van der Waals surface area (Å²) in [6.07, 6.45) is 9.16. The van der Waals surface area contributed by atoms with Gasteiger partial charge in [0.05, 0.1) is 5.56 Å². The number of carbonyl (C=O) groups is 2. The van der Waals surface area contributed by atoms with Crippen molar-refractivity contribution in [2.75, 3.05) is 5.32 Å². The number of fused-ring (bicyclic) bond motifs is 2. The van der Waals surface area contributed by atoms with Gasteiger partial charge in [-0.25, -0.2) is 0 Å². The van der Waals surface area contributed by atoms with E-state index in [1.807, 2.05) is 36.0 Å². The van der Waals surface area contributed by atoms with Gasteiger partial charge in [-0.2, -0.15) is 11.8 Å². The van der Waals surface area contributed by atoms with E-state index in [0.717, 1.165) is 52.0 Å². The zero-order chi connectivity index (χ0) is 22.9. The summed E-state index contributed by atoms with van der Waals surface area (Å²) in [4.78, 5) is 26.9. The zero-order valence-electron chi connectivity index (χ0n) is 18.9. The first-order chi connectivity index (χ1) is 16.0. The molecule has 0 saturated heterocycles. The van der Waals surface area contributed by atoms with E-state index in [2.05, 4.69) is 12.2 Å². The summed E-state index contributed by atoms with van der Waals surface area (Å²) in [7, 11) is 0. The summed E-state index contributed by atoms with van der Waals surface area (Å²) in [5.74, 6) is 0.870. The number of benzene rings is 1. The molecule has 1 saturated carbocycles. The van der Waals surface area contributed by atoms with E-state index >= 15 is 0 Å². The number of rotatable bonds is 6. The summed E-state index contributed by atoms with van der Waals surface area (Å²) in [5, 5.41) is 5.17. The Morgan fingerprint density at radius 1 is 1.18 bits per heavy atom. The third-order valence-corrected chi connectivity index (χ3v) is 9.47. The molecule has 2 amide bonds. The molecule has 0 spiro atoms. The largest absolute Gasteiger partial charge is 0.451 e. The predicted molar refractivity (Wildman–Crippen MR) is 136 cm³/mol. The van der Waals surface area contributed by atoms with Gasteiger partial charge in [0.2, 0.25) is 0 Å². The first-order valence-electron chi connectivity index (χ1n) is 11.9. The van der Waals surface area contributed by atoms with Gasteiger partial charge in [0.1, 0.15) is 10.6 Å². The van der Waals surface area contributed by atoms with Crippen LogP contribution in [0, 0.1) is 5.92 Å². The molecule has 3 aromatic rings. The van der Waals surface area contributed by atoms with E-state index in [1.165, 1.54) is 43.4 Å². The van der Waals surface area contributed by atoms with E-state index in [0.29, 0.717) is 27.5 Å². The summed E-state index contributed by atoms with van der Waals surface area (Å²) in [6.45, 7) is 2.22. The van der Waals surface area contributed by atoms with Crippen molar-refractivity contribution >= 4 is 50.9 Å². The highest BCUT2D eigenvalue weighted by molar-refractivity contribution is 7.99. The lowest BCUT2D eigenvalue weighted by Crippen LogP contribution is -2.19. The number of carbonyl (C=O) groups excluding carboxylic acids is 2. The van der Waals surface area contributed by atoms with Crippen LogP contribution in [0.5, 0.6) is 0 Å². The summed E-state index contributed by atoms with van der Waals surface area (Å²) in [5.41, 5.74) is 8.89. The Kier molecular flexibility index (Phi) is 6.52. The Labute approximate surface area is 202 Å². The molecule has 5 rings (SSSR count). The van der Waals surface area contributed by atoms with Crippen molar-refractivity contribution in [2.45, 2.75) is 69.3 Å². The number of nitrogens with one attached hydrogen (secondary N) is 1. The van der Waals surface area contributed by atoms with Crippen molar-refractivity contribution in [3.05, 3.63) is 51.6 Å². The first-order valence-corrected chi connectivity index (χ1v) is 13.8. The van der Waals surface area contributed by atoms with Crippen LogP contribution in [0.2, 0.25) is 0 Å². The molecule has 0 bridgehead atoms. The zero-order valence-corrected chi connectivity index (χ0v) is 20.6. The molecule has 3 N–H and O–H groups in total. The number of furan rings is 1. The maximum Gasteiger partial charge on any atom is 0.292 e. The molecule has 1 fully saturated rings. The van der Waals surface area contributed by atoms with Crippen molar-refractivity contribution in [3.8, 4) is 0 Å². The van der Waals surface area contributed by atoms with Crippen LogP contribution >= 0.6 is 23.1 Å². The lowest BCUT2D eigenvalue weighted by molar-refractivity contribution is 0.0998. The van der Waals surface area contributed by atoms with Gasteiger partial charge < -0.3 is 15.5 Å². The molecule has 7 heteroatoms. The fraction of sp³-hybridized carbons (Fsp3) is 0.462. The predicted octanol–water partition coefficient (Wildman–Crippen LogP) is 6.54. The van der Waals surface area contributed by atoms with Crippen molar-refractivity contribution in [1.82, 2.24) is 0 Å². The monoisotopic (exact) mass is 482 g/mol. The smallest absolute Gasteiger partial charge is 0.292 e. The van der Waals surface area contributed by atoms with E-state index in [4.69, 9.17) is 10.2 Å². The topological polar surface area (TPSA) is 85.3 Å². The van der Waals surface area contributed by atoms with Crippen LogP contribution in [0.15, 0.2) is 28.7 Å². The number of nitrogens with two attached hydrogens (primary N) is 1. The second-order valence-corrected chi connectivity index (χ2v) is 11.7. The molecular weight excluding hydrogens is 452 g/mol. The van der Waals surface area contributed by atoms with E-state index in [-0.39, 0.29) is 5.91 Å². The molecule has 5 nitrogen and oxygen atoms in total. The molecule has 0 radical (unpaired) electrons. The molecule has 0 aliphatic heterocycles. The average molecular weight is 483 g/mol. The number of hydrogen-bond acceptors (Lipinski definition) is 5. The van der Waals surface area contributed by atoms with Crippen molar-refractivity contribution in [1.29, 1.82) is 0 Å². The van der Waals surface area contributed by atoms with Crippen molar-refractivity contribution < 1.29 is 14.0 Å². The maximum atomic E-state index is 13.4. The number of primary amides is 1. The van der Waals surface area contributed by atoms with Crippen molar-refractivity contribution in [2.24, 2.45) is 11.7 Å². The number of thiophene rings is 1. The minimum absolute atomic E-state index is 0.306. The molecule has 174 valence electrons. The molecule has 1 atom stereocenters. The van der Waals surface area contributed by atoms with Crippen LogP contribution in [0.1, 0.15) is 82.4 Å². The van der Waals surface area contributed by atoms with Gasteiger partial charge >= 0.3 is 0 Å². The highest BCUT2D eigenvalue weighted by Crippen LogP contribution is 2.40. The van der Waals surface area contributed by atoms with E-state index in [1.54, 1.807) is 0 Å². The van der Waals surface area contributed by atoms with Gasteiger partial charge in [0.15, 0.2) is 5.76 Å². The van der Waals surface area contributed by atoms with Crippen LogP contribution in [0.3, 0.4) is 0 Å². The third kappa shape index (κ3) is 4.58. The van der Waals surface area contributed by atoms with Gasteiger partial charge in [-0.1, -0.05) is 44.4 Å². The lowest BCUT2D eigenvalue weighted by atomic mass is 9.88. The van der Waals surface area contributed by atoms with Crippen LogP contribution < -0.4 is 11.1 Å². The normalized spacial score (nSPS) is 18.9. The summed E-state index contributed by atoms with van der Waals surface area (Å²) in [6, 6.07) is 7.83.